The molecule has 0 fully saturated rings. The molecule has 30 heavy (non-hydrogen) atoms. The summed E-state index contributed by atoms with van der Waals surface area (Å²) in [6, 6.07) is 15.4. The molecule has 0 aliphatic carbocycles. The van der Waals surface area contributed by atoms with Crippen molar-refractivity contribution in [3.63, 3.8) is 0 Å². The van der Waals surface area contributed by atoms with E-state index in [2.05, 4.69) is 25.8 Å². The minimum atomic E-state index is -3.19. The summed E-state index contributed by atoms with van der Waals surface area (Å²) in [5, 5.41) is 0. The van der Waals surface area contributed by atoms with Crippen molar-refractivity contribution < 1.29 is 12.8 Å². The summed E-state index contributed by atoms with van der Waals surface area (Å²) < 4.78 is 29.1. The third-order valence-corrected chi connectivity index (χ3v) is 6.35. The number of likely N-dealkylation sites (N-methyl/N-ethyl adjacent to an activating group) is 1. The maximum absolute atomic E-state index is 11.6. The van der Waals surface area contributed by atoms with E-state index in [4.69, 9.17) is 9.40 Å². The zero-order chi connectivity index (χ0) is 21.2. The maximum atomic E-state index is 11.6. The summed E-state index contributed by atoms with van der Waals surface area (Å²) in [5.74, 6) is 1.49. The van der Waals surface area contributed by atoms with E-state index in [1.54, 1.807) is 12.1 Å². The number of hydrogen-bond donors (Lipinski definition) is 0. The zero-order valence-electron chi connectivity index (χ0n) is 18.0. The fraction of sp³-hybridized carbons (Fsp3) is 0.348. The van der Waals surface area contributed by atoms with Gasteiger partial charge in [0.05, 0.1) is 10.6 Å². The van der Waals surface area contributed by atoms with Crippen LogP contribution in [0.15, 0.2) is 57.8 Å². The molecule has 3 aromatic rings. The van der Waals surface area contributed by atoms with Crippen LogP contribution in [-0.4, -0.2) is 44.2 Å². The van der Waals surface area contributed by atoms with Crippen molar-refractivity contribution in [2.24, 2.45) is 0 Å². The van der Waals surface area contributed by atoms with E-state index < -0.39 is 9.84 Å². The number of aryl methyl sites for hydroxylation is 1. The van der Waals surface area contributed by atoms with Gasteiger partial charge in [0.25, 0.3) is 0 Å². The van der Waals surface area contributed by atoms with Crippen molar-refractivity contribution >= 4 is 22.2 Å². The van der Waals surface area contributed by atoms with Crippen LogP contribution in [0.1, 0.15) is 25.3 Å². The zero-order valence-corrected chi connectivity index (χ0v) is 19.7. The first kappa shape index (κ1) is 24.1. The van der Waals surface area contributed by atoms with Crippen LogP contribution in [0.3, 0.4) is 0 Å². The van der Waals surface area contributed by atoms with E-state index in [9.17, 15) is 8.42 Å². The van der Waals surface area contributed by atoms with Crippen LogP contribution in [0, 0.1) is 6.92 Å². The molecular formula is C23H29ClN2O3S. The highest BCUT2D eigenvalue weighted by Crippen LogP contribution is 2.27. The molecule has 1 heterocycles. The Bertz CT molecular complexity index is 1070. The van der Waals surface area contributed by atoms with Gasteiger partial charge >= 0.3 is 0 Å². The molecule has 7 heteroatoms. The van der Waals surface area contributed by atoms with Gasteiger partial charge in [-0.05, 0) is 63.2 Å². The van der Waals surface area contributed by atoms with Gasteiger partial charge < -0.3 is 9.32 Å². The summed E-state index contributed by atoms with van der Waals surface area (Å²) in [6.45, 7) is 7.25. The molecule has 0 bridgehead atoms. The molecule has 0 spiro atoms. The lowest BCUT2D eigenvalue weighted by Crippen LogP contribution is -2.28. The van der Waals surface area contributed by atoms with E-state index >= 15 is 0 Å². The standard InChI is InChI=1S/C23H28N2O3S.ClH/c1-16(2)25(4)15-14-22-17(3)28-23(24-22)20-8-6-18(7-9-20)19-10-12-21(13-11-19)29(5,26)27;/h6-13,16H,14-15H2,1-5H3;1H. The van der Waals surface area contributed by atoms with Crippen LogP contribution in [0.25, 0.3) is 22.6 Å². The number of benzene rings is 2. The number of aromatic nitrogens is 1. The predicted octanol–water partition coefficient (Wildman–Crippen LogP) is 5.03. The van der Waals surface area contributed by atoms with Crippen molar-refractivity contribution in [2.45, 2.75) is 38.1 Å². The Morgan fingerprint density at radius 3 is 1.97 bits per heavy atom. The van der Waals surface area contributed by atoms with E-state index in [1.165, 1.54) is 6.26 Å². The molecule has 0 aliphatic rings. The second kappa shape index (κ2) is 9.77. The molecule has 5 nitrogen and oxygen atoms in total. The van der Waals surface area contributed by atoms with Gasteiger partial charge in [-0.2, -0.15) is 0 Å². The van der Waals surface area contributed by atoms with Gasteiger partial charge in [-0.15, -0.1) is 12.4 Å². The topological polar surface area (TPSA) is 63.4 Å². The van der Waals surface area contributed by atoms with Crippen molar-refractivity contribution in [1.29, 1.82) is 0 Å². The van der Waals surface area contributed by atoms with Crippen molar-refractivity contribution in [2.75, 3.05) is 19.8 Å². The smallest absolute Gasteiger partial charge is 0.226 e. The Morgan fingerprint density at radius 1 is 0.967 bits per heavy atom. The van der Waals surface area contributed by atoms with E-state index in [-0.39, 0.29) is 12.4 Å². The van der Waals surface area contributed by atoms with Gasteiger partial charge in [0.2, 0.25) is 5.89 Å². The van der Waals surface area contributed by atoms with Crippen LogP contribution in [-0.2, 0) is 16.3 Å². The normalized spacial score (nSPS) is 11.7. The summed E-state index contributed by atoms with van der Waals surface area (Å²) in [7, 11) is -1.07. The first-order valence-electron chi connectivity index (χ1n) is 9.72. The summed E-state index contributed by atoms with van der Waals surface area (Å²) in [6.07, 6.45) is 2.07. The number of hydrogen-bond acceptors (Lipinski definition) is 5. The second-order valence-electron chi connectivity index (χ2n) is 7.72. The minimum Gasteiger partial charge on any atom is -0.441 e. The number of halogens is 1. The lowest BCUT2D eigenvalue weighted by Gasteiger charge is -2.20. The highest BCUT2D eigenvalue weighted by atomic mass is 35.5. The lowest BCUT2D eigenvalue weighted by atomic mass is 10.0. The Hall–Kier alpha value is -2.15. The van der Waals surface area contributed by atoms with Crippen molar-refractivity contribution in [1.82, 2.24) is 9.88 Å². The molecule has 2 aromatic carbocycles. The summed E-state index contributed by atoms with van der Waals surface area (Å²) >= 11 is 0. The minimum absolute atomic E-state index is 0. The number of oxazole rings is 1. The fourth-order valence-electron chi connectivity index (χ4n) is 3.02. The average Bonchev–Trinajstić information content (AvgIpc) is 3.06. The molecule has 0 atom stereocenters. The highest BCUT2D eigenvalue weighted by Gasteiger charge is 2.13. The Kier molecular flexibility index (Phi) is 7.86. The molecule has 0 amide bonds. The van der Waals surface area contributed by atoms with Gasteiger partial charge in [-0.3, -0.25) is 0 Å². The van der Waals surface area contributed by atoms with E-state index in [1.807, 2.05) is 43.3 Å². The van der Waals surface area contributed by atoms with E-state index in [0.29, 0.717) is 16.8 Å². The molecule has 0 N–H and O–H groups in total. The SMILES string of the molecule is Cc1oc(-c2ccc(-c3ccc(S(C)(=O)=O)cc3)cc2)nc1CCN(C)C(C)C.Cl. The van der Waals surface area contributed by atoms with E-state index in [0.717, 1.165) is 41.1 Å². The number of nitrogens with zero attached hydrogens (tertiary/aromatic N) is 2. The third-order valence-electron chi connectivity index (χ3n) is 5.22. The van der Waals surface area contributed by atoms with Gasteiger partial charge in [-0.25, -0.2) is 13.4 Å². The van der Waals surface area contributed by atoms with Gasteiger partial charge in [0.1, 0.15) is 5.76 Å². The largest absolute Gasteiger partial charge is 0.441 e. The second-order valence-corrected chi connectivity index (χ2v) is 9.74. The van der Waals surface area contributed by atoms with Crippen molar-refractivity contribution in [3.8, 4) is 22.6 Å². The molecule has 0 saturated carbocycles. The molecular weight excluding hydrogens is 420 g/mol. The molecule has 0 unspecified atom stereocenters. The molecule has 162 valence electrons. The van der Waals surface area contributed by atoms with Crippen molar-refractivity contribution in [3.05, 3.63) is 60.0 Å². The fourth-order valence-corrected chi connectivity index (χ4v) is 3.65. The first-order valence-corrected chi connectivity index (χ1v) is 11.6. The van der Waals surface area contributed by atoms with Crippen LogP contribution < -0.4 is 0 Å². The molecule has 1 aromatic heterocycles. The Morgan fingerprint density at radius 2 is 1.47 bits per heavy atom. The van der Waals surface area contributed by atoms with Gasteiger partial charge in [0, 0.05) is 30.8 Å². The average molecular weight is 449 g/mol. The molecule has 0 radical (unpaired) electrons. The quantitative estimate of drug-likeness (QED) is 0.507. The summed E-state index contributed by atoms with van der Waals surface area (Å²) in [5.41, 5.74) is 3.89. The van der Waals surface area contributed by atoms with Crippen LogP contribution in [0.4, 0.5) is 0 Å². The predicted molar refractivity (Wildman–Crippen MR) is 124 cm³/mol. The first-order chi connectivity index (χ1) is 13.6. The molecule has 3 rings (SSSR count). The third kappa shape index (κ3) is 5.72. The molecule has 0 saturated heterocycles. The van der Waals surface area contributed by atoms with Crippen LogP contribution in [0.5, 0.6) is 0 Å². The number of sulfone groups is 1. The number of rotatable bonds is 7. The Balaban J connectivity index is 0.00000320. The highest BCUT2D eigenvalue weighted by molar-refractivity contribution is 7.90. The maximum Gasteiger partial charge on any atom is 0.226 e. The van der Waals surface area contributed by atoms with Crippen LogP contribution >= 0.6 is 12.4 Å². The van der Waals surface area contributed by atoms with Crippen LogP contribution in [0.2, 0.25) is 0 Å². The van der Waals surface area contributed by atoms with Gasteiger partial charge in [-0.1, -0.05) is 24.3 Å². The molecule has 0 aliphatic heterocycles. The van der Waals surface area contributed by atoms with Gasteiger partial charge in [0.15, 0.2) is 9.84 Å². The summed E-state index contributed by atoms with van der Waals surface area (Å²) in [4.78, 5) is 7.30. The lowest BCUT2D eigenvalue weighted by molar-refractivity contribution is 0.276. The Labute approximate surface area is 185 Å². The monoisotopic (exact) mass is 448 g/mol.